The van der Waals surface area contributed by atoms with Crippen molar-refractivity contribution in [1.82, 2.24) is 9.47 Å². The van der Waals surface area contributed by atoms with Crippen LogP contribution < -0.4 is 4.48 Å². The third kappa shape index (κ3) is 1.61. The minimum Gasteiger partial charge on any atom is -0.354 e. The molecule has 0 bridgehead atoms. The lowest BCUT2D eigenvalue weighted by molar-refractivity contribution is 0.487. The highest BCUT2D eigenvalue weighted by Gasteiger charge is 2.13. The summed E-state index contributed by atoms with van der Waals surface area (Å²) in [5.41, 5.74) is 3.74. The third-order valence-corrected chi connectivity index (χ3v) is 3.26. The van der Waals surface area contributed by atoms with Crippen LogP contribution >= 0.6 is 0 Å². The molecule has 1 aromatic heterocycles. The monoisotopic (exact) mass is 225 g/mol. The van der Waals surface area contributed by atoms with Gasteiger partial charge in [0.1, 0.15) is 5.69 Å². The molecule has 0 amide bonds. The van der Waals surface area contributed by atoms with Gasteiger partial charge in [-0.05, 0) is 18.2 Å². The molecule has 0 fully saturated rings. The van der Waals surface area contributed by atoms with Crippen LogP contribution in [0.1, 0.15) is 0 Å². The van der Waals surface area contributed by atoms with Crippen LogP contribution in [0.2, 0.25) is 0 Å². The fourth-order valence-electron chi connectivity index (χ4n) is 2.26. The number of rotatable bonds is 1. The van der Waals surface area contributed by atoms with Crippen LogP contribution in [0.3, 0.4) is 0 Å². The van der Waals surface area contributed by atoms with Gasteiger partial charge in [0.15, 0.2) is 0 Å². The molecule has 3 rings (SSSR count). The highest BCUT2D eigenvalue weighted by Crippen LogP contribution is 2.29. The first kappa shape index (κ1) is 10.4. The molecular formula is C15H17N2+. The van der Waals surface area contributed by atoms with Crippen LogP contribution in [0.5, 0.6) is 0 Å². The molecule has 0 spiro atoms. The van der Waals surface area contributed by atoms with Gasteiger partial charge in [-0.1, -0.05) is 18.2 Å². The van der Waals surface area contributed by atoms with Crippen LogP contribution in [0.15, 0.2) is 42.5 Å². The Hall–Kier alpha value is -1.80. The lowest BCUT2D eigenvalue weighted by atomic mass is 10.1. The number of fused-ring (bicyclic) bond motifs is 3. The van der Waals surface area contributed by atoms with E-state index in [-0.39, 0.29) is 0 Å². The van der Waals surface area contributed by atoms with Crippen LogP contribution in [0, 0.1) is 0 Å². The maximum absolute atomic E-state index is 3.48. The van der Waals surface area contributed by atoms with Crippen molar-refractivity contribution in [2.45, 2.75) is 0 Å². The minimum absolute atomic E-state index is 0.839. The van der Waals surface area contributed by atoms with Crippen LogP contribution in [-0.4, -0.2) is 26.1 Å². The van der Waals surface area contributed by atoms with Crippen LogP contribution in [0.25, 0.3) is 21.8 Å². The fourth-order valence-corrected chi connectivity index (χ4v) is 2.26. The van der Waals surface area contributed by atoms with Crippen molar-refractivity contribution in [2.75, 3.05) is 21.1 Å². The number of aromatic amines is 1. The standard InChI is InChI=1S/C15H17N2/c1-17(2,3)11-8-9-13-12-6-4-5-7-14(12)16-15(13)10-11/h4-10,16H,1-3H3/q+1. The molecule has 0 radical (unpaired) electrons. The Bertz CT molecular complexity index is 687. The summed E-state index contributed by atoms with van der Waals surface area (Å²) in [7, 11) is 6.55. The largest absolute Gasteiger partial charge is 0.354 e. The molecule has 2 nitrogen and oxygen atoms in total. The topological polar surface area (TPSA) is 15.8 Å². The number of nitrogens with zero attached hydrogens (tertiary/aromatic N) is 1. The molecule has 0 aliphatic rings. The zero-order chi connectivity index (χ0) is 12.0. The molecule has 0 saturated heterocycles. The van der Waals surface area contributed by atoms with Crippen molar-refractivity contribution >= 4 is 27.5 Å². The van der Waals surface area contributed by atoms with Gasteiger partial charge in [-0.25, -0.2) is 0 Å². The van der Waals surface area contributed by atoms with Gasteiger partial charge in [0, 0.05) is 22.4 Å². The number of nitrogens with one attached hydrogen (secondary N) is 1. The molecule has 86 valence electrons. The van der Waals surface area contributed by atoms with E-state index < -0.39 is 0 Å². The van der Waals surface area contributed by atoms with E-state index in [0.29, 0.717) is 0 Å². The Balaban J connectivity index is 2.34. The van der Waals surface area contributed by atoms with Crippen molar-refractivity contribution in [2.24, 2.45) is 0 Å². The molecule has 2 heteroatoms. The van der Waals surface area contributed by atoms with E-state index in [1.54, 1.807) is 0 Å². The van der Waals surface area contributed by atoms with Gasteiger partial charge in [0.2, 0.25) is 0 Å². The molecule has 0 unspecified atom stereocenters. The second-order valence-electron chi connectivity index (χ2n) is 5.41. The van der Waals surface area contributed by atoms with E-state index in [0.717, 1.165) is 4.48 Å². The van der Waals surface area contributed by atoms with Gasteiger partial charge in [-0.15, -0.1) is 0 Å². The van der Waals surface area contributed by atoms with Gasteiger partial charge < -0.3 is 4.98 Å². The SMILES string of the molecule is C[N+](C)(C)c1ccc2c(c1)[nH]c1ccccc12. The first-order chi connectivity index (χ1) is 8.05. The minimum atomic E-state index is 0.839. The maximum Gasteiger partial charge on any atom is 0.134 e. The Kier molecular flexibility index (Phi) is 2.04. The Labute approximate surface area is 101 Å². The molecule has 1 heterocycles. The Morgan fingerprint density at radius 1 is 0.824 bits per heavy atom. The van der Waals surface area contributed by atoms with E-state index >= 15 is 0 Å². The van der Waals surface area contributed by atoms with E-state index in [1.165, 1.54) is 27.5 Å². The molecule has 17 heavy (non-hydrogen) atoms. The lowest BCUT2D eigenvalue weighted by Gasteiger charge is -2.23. The molecule has 2 aromatic carbocycles. The Morgan fingerprint density at radius 3 is 2.29 bits per heavy atom. The van der Waals surface area contributed by atoms with Crippen molar-refractivity contribution < 1.29 is 0 Å². The van der Waals surface area contributed by atoms with Crippen LogP contribution in [0.4, 0.5) is 5.69 Å². The summed E-state index contributed by atoms with van der Waals surface area (Å²) in [6.07, 6.45) is 0. The Morgan fingerprint density at radius 2 is 1.53 bits per heavy atom. The van der Waals surface area contributed by atoms with Gasteiger partial charge in [-0.3, -0.25) is 4.48 Å². The van der Waals surface area contributed by atoms with Gasteiger partial charge in [0.05, 0.1) is 26.7 Å². The maximum atomic E-state index is 3.48. The molecule has 0 saturated carbocycles. The zero-order valence-corrected chi connectivity index (χ0v) is 10.5. The summed E-state index contributed by atoms with van der Waals surface area (Å²) < 4.78 is 0.839. The second kappa shape index (κ2) is 3.34. The number of para-hydroxylation sites is 1. The van der Waals surface area contributed by atoms with Gasteiger partial charge in [0.25, 0.3) is 0 Å². The normalized spacial score (nSPS) is 12.4. The van der Waals surface area contributed by atoms with Crippen molar-refractivity contribution in [3.8, 4) is 0 Å². The quantitative estimate of drug-likeness (QED) is 0.610. The van der Waals surface area contributed by atoms with Gasteiger partial charge in [-0.2, -0.15) is 0 Å². The summed E-state index contributed by atoms with van der Waals surface area (Å²) >= 11 is 0. The molecule has 1 N–H and O–H groups in total. The first-order valence-corrected chi connectivity index (χ1v) is 5.88. The summed E-state index contributed by atoms with van der Waals surface area (Å²) in [6, 6.07) is 15.1. The molecule has 0 aliphatic carbocycles. The number of hydrogen-bond acceptors (Lipinski definition) is 0. The van der Waals surface area contributed by atoms with E-state index in [2.05, 4.69) is 68.6 Å². The highest BCUT2D eigenvalue weighted by molar-refractivity contribution is 6.07. The third-order valence-electron chi connectivity index (χ3n) is 3.26. The molecular weight excluding hydrogens is 208 g/mol. The summed E-state index contributed by atoms with van der Waals surface area (Å²) in [5.74, 6) is 0. The average Bonchev–Trinajstić information content (AvgIpc) is 2.65. The zero-order valence-electron chi connectivity index (χ0n) is 10.5. The summed E-state index contributed by atoms with van der Waals surface area (Å²) in [4.78, 5) is 3.48. The van der Waals surface area contributed by atoms with E-state index in [1.807, 2.05) is 0 Å². The summed E-state index contributed by atoms with van der Waals surface area (Å²) in [6.45, 7) is 0. The predicted molar refractivity (Wildman–Crippen MR) is 75.4 cm³/mol. The molecule has 3 aromatic rings. The van der Waals surface area contributed by atoms with Crippen LogP contribution in [-0.2, 0) is 0 Å². The second-order valence-corrected chi connectivity index (χ2v) is 5.41. The smallest absolute Gasteiger partial charge is 0.134 e. The number of hydrogen-bond donors (Lipinski definition) is 1. The molecule has 0 atom stereocenters. The van der Waals surface area contributed by atoms with E-state index in [9.17, 15) is 0 Å². The average molecular weight is 225 g/mol. The van der Waals surface area contributed by atoms with E-state index in [4.69, 9.17) is 0 Å². The number of aromatic nitrogens is 1. The first-order valence-electron chi connectivity index (χ1n) is 5.88. The highest BCUT2D eigenvalue weighted by atomic mass is 15.3. The number of quaternary nitrogens is 1. The number of benzene rings is 2. The van der Waals surface area contributed by atoms with Crippen molar-refractivity contribution in [1.29, 1.82) is 0 Å². The van der Waals surface area contributed by atoms with Crippen molar-refractivity contribution in [3.05, 3.63) is 42.5 Å². The lowest BCUT2D eigenvalue weighted by Crippen LogP contribution is -2.34. The number of H-pyrrole nitrogens is 1. The summed E-state index contributed by atoms with van der Waals surface area (Å²) in [5, 5.41) is 2.60. The fraction of sp³-hybridized carbons (Fsp3) is 0.200. The predicted octanol–water partition coefficient (Wildman–Crippen LogP) is 3.52. The van der Waals surface area contributed by atoms with Crippen molar-refractivity contribution in [3.63, 3.8) is 0 Å². The molecule has 0 aliphatic heterocycles. The van der Waals surface area contributed by atoms with Gasteiger partial charge >= 0.3 is 0 Å².